The third-order valence-electron chi connectivity index (χ3n) is 16.5. The fourth-order valence-electron chi connectivity index (χ4n) is 11.2. The number of carbonyl (C=O) groups excluding carboxylic acids is 3. The first kappa shape index (κ1) is 76.1. The zero-order valence-corrected chi connectivity index (χ0v) is 53.2. The van der Waals surface area contributed by atoms with Crippen LogP contribution in [-0.2, 0) is 28.6 Å². The summed E-state index contributed by atoms with van der Waals surface area (Å²) in [5.41, 5.74) is 0. The van der Waals surface area contributed by atoms with Gasteiger partial charge in [-0.1, -0.05) is 360 Å². The number of carbonyl (C=O) groups is 3. The van der Waals surface area contributed by atoms with Crippen molar-refractivity contribution in [3.63, 3.8) is 0 Å². The van der Waals surface area contributed by atoms with Crippen LogP contribution in [0.3, 0.4) is 0 Å². The van der Waals surface area contributed by atoms with E-state index in [2.05, 4.69) is 32.9 Å². The first-order valence-electron chi connectivity index (χ1n) is 35.7. The van der Waals surface area contributed by atoms with Crippen molar-refractivity contribution in [2.45, 2.75) is 419 Å². The van der Waals surface area contributed by atoms with Gasteiger partial charge in [-0.2, -0.15) is 0 Å². The Morgan fingerprint density at radius 2 is 0.423 bits per heavy atom. The summed E-state index contributed by atoms with van der Waals surface area (Å²) in [6, 6.07) is 0. The first-order chi connectivity index (χ1) is 38.5. The fourth-order valence-corrected chi connectivity index (χ4v) is 11.2. The fraction of sp³-hybridized carbons (Fsp3) is 0.931. The van der Waals surface area contributed by atoms with Crippen molar-refractivity contribution in [3.8, 4) is 0 Å². The van der Waals surface area contributed by atoms with Crippen molar-refractivity contribution in [1.29, 1.82) is 0 Å². The lowest BCUT2D eigenvalue weighted by atomic mass is 10.0. The third kappa shape index (κ3) is 65.0. The van der Waals surface area contributed by atoms with Crippen molar-refractivity contribution in [2.75, 3.05) is 13.2 Å². The summed E-state index contributed by atoms with van der Waals surface area (Å²) in [6.07, 6.45) is 81.3. The smallest absolute Gasteiger partial charge is 0.306 e. The summed E-state index contributed by atoms with van der Waals surface area (Å²) in [4.78, 5) is 38.3. The molecule has 0 amide bonds. The minimum atomic E-state index is -0.769. The van der Waals surface area contributed by atoms with Gasteiger partial charge in [0.15, 0.2) is 6.10 Å². The van der Waals surface area contributed by atoms with Gasteiger partial charge < -0.3 is 14.2 Å². The van der Waals surface area contributed by atoms with E-state index < -0.39 is 6.10 Å². The van der Waals surface area contributed by atoms with E-state index in [9.17, 15) is 14.4 Å². The van der Waals surface area contributed by atoms with E-state index in [1.54, 1.807) is 0 Å². The lowest BCUT2D eigenvalue weighted by molar-refractivity contribution is -0.167. The normalized spacial score (nSPS) is 12.0. The van der Waals surface area contributed by atoms with Crippen molar-refractivity contribution in [1.82, 2.24) is 0 Å². The van der Waals surface area contributed by atoms with E-state index >= 15 is 0 Å². The van der Waals surface area contributed by atoms with E-state index in [1.165, 1.54) is 308 Å². The molecule has 6 nitrogen and oxygen atoms in total. The molecule has 0 aromatic rings. The van der Waals surface area contributed by atoms with E-state index in [1.807, 2.05) is 0 Å². The zero-order valence-electron chi connectivity index (χ0n) is 53.2. The molecule has 0 aliphatic heterocycles. The Hall–Kier alpha value is -1.85. The topological polar surface area (TPSA) is 78.9 Å². The maximum atomic E-state index is 12.9. The highest BCUT2D eigenvalue weighted by Gasteiger charge is 2.19. The molecule has 0 aromatic carbocycles. The van der Waals surface area contributed by atoms with Crippen LogP contribution in [0.5, 0.6) is 0 Å². The molecule has 0 saturated carbocycles. The van der Waals surface area contributed by atoms with Gasteiger partial charge in [0.2, 0.25) is 0 Å². The van der Waals surface area contributed by atoms with Gasteiger partial charge >= 0.3 is 17.9 Å². The number of allylic oxidation sites excluding steroid dienone is 2. The average Bonchev–Trinajstić information content (AvgIpc) is 3.44. The van der Waals surface area contributed by atoms with Crippen molar-refractivity contribution in [3.05, 3.63) is 12.2 Å². The van der Waals surface area contributed by atoms with Crippen LogP contribution in [0.15, 0.2) is 12.2 Å². The van der Waals surface area contributed by atoms with Crippen LogP contribution in [0, 0.1) is 0 Å². The molecule has 0 aromatic heterocycles. The molecule has 6 heteroatoms. The monoisotopic (exact) mass is 1100 g/mol. The van der Waals surface area contributed by atoms with Gasteiger partial charge in [0.1, 0.15) is 13.2 Å². The summed E-state index contributed by atoms with van der Waals surface area (Å²) in [5, 5.41) is 0. The Morgan fingerprint density at radius 1 is 0.244 bits per heavy atom. The van der Waals surface area contributed by atoms with Crippen LogP contribution < -0.4 is 0 Å². The maximum Gasteiger partial charge on any atom is 0.306 e. The number of hydrogen-bond donors (Lipinski definition) is 0. The number of ether oxygens (including phenoxy) is 3. The molecule has 0 aliphatic carbocycles. The second-order valence-electron chi connectivity index (χ2n) is 24.5. The van der Waals surface area contributed by atoms with Crippen LogP contribution in [-0.4, -0.2) is 37.2 Å². The standard InChI is InChI=1S/C72H138O6/c1-4-7-10-13-16-19-22-25-27-28-29-30-31-32-33-34-35-36-37-38-39-40-41-42-43-44-46-47-50-53-56-59-62-65-71(74)77-68-69(67-76-70(73)64-61-58-55-52-49-24-21-18-15-12-9-6-3)78-72(75)66-63-60-57-54-51-48-45-26-23-20-17-14-11-8-5-2/h18,21,69H,4-17,19-20,22-68H2,1-3H3/b21-18-. The molecule has 0 spiro atoms. The van der Waals surface area contributed by atoms with Crippen LogP contribution in [0.2, 0.25) is 0 Å². The lowest BCUT2D eigenvalue weighted by Crippen LogP contribution is -2.30. The predicted octanol–water partition coefficient (Wildman–Crippen LogP) is 24.4. The number of hydrogen-bond acceptors (Lipinski definition) is 6. The molecule has 0 fully saturated rings. The second kappa shape index (κ2) is 67.7. The molecule has 0 rings (SSSR count). The number of unbranched alkanes of at least 4 members (excludes halogenated alkanes) is 54. The van der Waals surface area contributed by atoms with Gasteiger partial charge in [0, 0.05) is 19.3 Å². The molecule has 0 bridgehead atoms. The summed E-state index contributed by atoms with van der Waals surface area (Å²) in [7, 11) is 0. The molecule has 462 valence electrons. The Kier molecular flexibility index (Phi) is 66.0. The van der Waals surface area contributed by atoms with Crippen molar-refractivity contribution >= 4 is 17.9 Å². The number of rotatable bonds is 67. The molecular formula is C72H138O6. The maximum absolute atomic E-state index is 12.9. The van der Waals surface area contributed by atoms with Crippen LogP contribution in [0.25, 0.3) is 0 Å². The van der Waals surface area contributed by atoms with Crippen LogP contribution >= 0.6 is 0 Å². The first-order valence-corrected chi connectivity index (χ1v) is 35.7. The Labute approximate surface area is 488 Å². The van der Waals surface area contributed by atoms with E-state index in [0.29, 0.717) is 19.3 Å². The van der Waals surface area contributed by atoms with Crippen LogP contribution in [0.4, 0.5) is 0 Å². The minimum absolute atomic E-state index is 0.0661. The lowest BCUT2D eigenvalue weighted by Gasteiger charge is -2.18. The number of esters is 3. The molecule has 1 unspecified atom stereocenters. The molecule has 0 saturated heterocycles. The highest BCUT2D eigenvalue weighted by molar-refractivity contribution is 5.71. The molecule has 0 radical (unpaired) electrons. The largest absolute Gasteiger partial charge is 0.462 e. The van der Waals surface area contributed by atoms with Crippen LogP contribution in [0.1, 0.15) is 412 Å². The van der Waals surface area contributed by atoms with Crippen molar-refractivity contribution < 1.29 is 28.6 Å². The molecule has 0 N–H and O–H groups in total. The Morgan fingerprint density at radius 3 is 0.667 bits per heavy atom. The third-order valence-corrected chi connectivity index (χ3v) is 16.5. The highest BCUT2D eigenvalue weighted by atomic mass is 16.6. The van der Waals surface area contributed by atoms with Gasteiger partial charge in [-0.25, -0.2) is 0 Å². The van der Waals surface area contributed by atoms with Gasteiger partial charge in [-0.15, -0.1) is 0 Å². The van der Waals surface area contributed by atoms with Gasteiger partial charge in [-0.3, -0.25) is 14.4 Å². The SMILES string of the molecule is CCCCC/C=C\CCCCCCCC(=O)OCC(COC(=O)CCCCCCCCCCCCCCCCCCCCCCCCCCCCCCCCCCC)OC(=O)CCCCCCCCCCCCCCCCC. The molecule has 1 atom stereocenters. The minimum Gasteiger partial charge on any atom is -0.462 e. The van der Waals surface area contributed by atoms with E-state index in [0.717, 1.165) is 64.2 Å². The zero-order chi connectivity index (χ0) is 56.4. The van der Waals surface area contributed by atoms with Crippen molar-refractivity contribution in [2.24, 2.45) is 0 Å². The quantitative estimate of drug-likeness (QED) is 0.0261. The summed E-state index contributed by atoms with van der Waals surface area (Å²) in [5.74, 6) is -0.845. The second-order valence-corrected chi connectivity index (χ2v) is 24.5. The van der Waals surface area contributed by atoms with Gasteiger partial charge in [0.05, 0.1) is 0 Å². The van der Waals surface area contributed by atoms with Gasteiger partial charge in [0.25, 0.3) is 0 Å². The highest BCUT2D eigenvalue weighted by Crippen LogP contribution is 2.19. The Bertz CT molecular complexity index is 1210. The molecule has 78 heavy (non-hydrogen) atoms. The van der Waals surface area contributed by atoms with Gasteiger partial charge in [-0.05, 0) is 44.9 Å². The average molecular weight is 1100 g/mol. The predicted molar refractivity (Wildman–Crippen MR) is 340 cm³/mol. The summed E-state index contributed by atoms with van der Waals surface area (Å²) < 4.78 is 16.9. The van der Waals surface area contributed by atoms with E-state index in [4.69, 9.17) is 14.2 Å². The summed E-state index contributed by atoms with van der Waals surface area (Å²) >= 11 is 0. The molecule has 0 aliphatic rings. The molecule has 0 heterocycles. The molecular weight excluding hydrogens is 961 g/mol. The summed E-state index contributed by atoms with van der Waals surface area (Å²) in [6.45, 7) is 6.69. The van der Waals surface area contributed by atoms with E-state index in [-0.39, 0.29) is 31.1 Å². The Balaban J connectivity index is 4.03.